The van der Waals surface area contributed by atoms with Crippen LogP contribution in [-0.2, 0) is 11.2 Å². The summed E-state index contributed by atoms with van der Waals surface area (Å²) in [4.78, 5) is 11.7. The van der Waals surface area contributed by atoms with Crippen LogP contribution in [0.25, 0.3) is 0 Å². The molecule has 0 aliphatic carbocycles. The van der Waals surface area contributed by atoms with Gasteiger partial charge in [0.05, 0.1) is 0 Å². The number of hydrazine groups is 1. The predicted molar refractivity (Wildman–Crippen MR) is 58.8 cm³/mol. The number of amides is 1. The maximum atomic E-state index is 11.7. The molecule has 1 amide bonds. The molecule has 1 heterocycles. The zero-order valence-corrected chi connectivity index (χ0v) is 8.73. The number of nitrogens with zero attached hydrogens (tertiary/aromatic N) is 1. The molecule has 1 aromatic carbocycles. The van der Waals surface area contributed by atoms with Crippen LogP contribution in [0.1, 0.15) is 18.4 Å². The van der Waals surface area contributed by atoms with Gasteiger partial charge in [0.25, 0.3) is 0 Å². The van der Waals surface area contributed by atoms with Crippen molar-refractivity contribution >= 4 is 5.91 Å². The van der Waals surface area contributed by atoms with Crippen LogP contribution in [-0.4, -0.2) is 17.5 Å². The monoisotopic (exact) mass is 204 g/mol. The van der Waals surface area contributed by atoms with E-state index in [0.717, 1.165) is 19.3 Å². The van der Waals surface area contributed by atoms with E-state index in [2.05, 4.69) is 12.1 Å². The Morgan fingerprint density at radius 3 is 2.80 bits per heavy atom. The molecule has 1 atom stereocenters. The van der Waals surface area contributed by atoms with Gasteiger partial charge in [-0.15, -0.1) is 0 Å². The molecule has 0 aromatic heterocycles. The summed E-state index contributed by atoms with van der Waals surface area (Å²) in [5.41, 5.74) is 1.21. The number of carbonyl (C=O) groups is 1. The van der Waals surface area contributed by atoms with Crippen molar-refractivity contribution in [3.05, 3.63) is 35.9 Å². The van der Waals surface area contributed by atoms with Crippen molar-refractivity contribution in [3.8, 4) is 0 Å². The van der Waals surface area contributed by atoms with Crippen LogP contribution in [0.15, 0.2) is 30.3 Å². The fraction of sp³-hybridized carbons (Fsp3) is 0.417. The van der Waals surface area contributed by atoms with Crippen LogP contribution in [0.4, 0.5) is 0 Å². The van der Waals surface area contributed by atoms with Crippen molar-refractivity contribution in [3.63, 3.8) is 0 Å². The average Bonchev–Trinajstić information content (AvgIpc) is 2.26. The van der Waals surface area contributed by atoms with E-state index in [9.17, 15) is 4.79 Å². The first kappa shape index (κ1) is 10.2. The molecule has 1 aliphatic rings. The van der Waals surface area contributed by atoms with Crippen LogP contribution in [0, 0.1) is 5.92 Å². The molecule has 0 radical (unpaired) electrons. The predicted octanol–water partition coefficient (Wildman–Crippen LogP) is 1.34. The molecule has 3 heteroatoms. The second-order valence-corrected chi connectivity index (χ2v) is 4.06. The topological polar surface area (TPSA) is 46.3 Å². The Kier molecular flexibility index (Phi) is 3.02. The summed E-state index contributed by atoms with van der Waals surface area (Å²) in [6.07, 6.45) is 2.79. The molecule has 1 aliphatic heterocycles. The molecule has 2 rings (SSSR count). The number of rotatable bonds is 2. The fourth-order valence-corrected chi connectivity index (χ4v) is 2.06. The van der Waals surface area contributed by atoms with E-state index in [1.807, 2.05) is 18.2 Å². The smallest absolute Gasteiger partial charge is 0.239 e. The van der Waals surface area contributed by atoms with Gasteiger partial charge in [0, 0.05) is 12.5 Å². The zero-order chi connectivity index (χ0) is 10.7. The second-order valence-electron chi connectivity index (χ2n) is 4.06. The highest BCUT2D eigenvalue weighted by molar-refractivity contribution is 5.79. The van der Waals surface area contributed by atoms with Crippen molar-refractivity contribution in [1.82, 2.24) is 5.01 Å². The van der Waals surface area contributed by atoms with E-state index in [1.165, 1.54) is 10.6 Å². The Hall–Kier alpha value is -1.35. The van der Waals surface area contributed by atoms with Gasteiger partial charge in [0.1, 0.15) is 0 Å². The Morgan fingerprint density at radius 2 is 2.07 bits per heavy atom. The molecule has 0 bridgehead atoms. The maximum Gasteiger partial charge on any atom is 0.239 e. The van der Waals surface area contributed by atoms with E-state index in [0.29, 0.717) is 6.54 Å². The van der Waals surface area contributed by atoms with Gasteiger partial charge in [-0.05, 0) is 24.8 Å². The third kappa shape index (κ3) is 2.36. The third-order valence-electron chi connectivity index (χ3n) is 2.91. The SMILES string of the molecule is NN1CCCC(Cc2ccccc2)C1=O. The molecule has 80 valence electrons. The zero-order valence-electron chi connectivity index (χ0n) is 8.73. The van der Waals surface area contributed by atoms with Crippen LogP contribution in [0.3, 0.4) is 0 Å². The Labute approximate surface area is 89.8 Å². The summed E-state index contributed by atoms with van der Waals surface area (Å²) in [7, 11) is 0. The third-order valence-corrected chi connectivity index (χ3v) is 2.91. The van der Waals surface area contributed by atoms with Crippen molar-refractivity contribution in [2.75, 3.05) is 6.54 Å². The quantitative estimate of drug-likeness (QED) is 0.583. The van der Waals surface area contributed by atoms with Crippen LogP contribution >= 0.6 is 0 Å². The molecule has 15 heavy (non-hydrogen) atoms. The van der Waals surface area contributed by atoms with E-state index < -0.39 is 0 Å². The Balaban J connectivity index is 2.03. The molecule has 1 unspecified atom stereocenters. The minimum absolute atomic E-state index is 0.0751. The van der Waals surface area contributed by atoms with Gasteiger partial charge < -0.3 is 0 Å². The largest absolute Gasteiger partial charge is 0.280 e. The summed E-state index contributed by atoms with van der Waals surface area (Å²) < 4.78 is 0. The lowest BCUT2D eigenvalue weighted by Crippen LogP contribution is -2.46. The Morgan fingerprint density at radius 1 is 1.33 bits per heavy atom. The summed E-state index contributed by atoms with van der Waals surface area (Å²) in [5.74, 6) is 5.77. The summed E-state index contributed by atoms with van der Waals surface area (Å²) in [6.45, 7) is 0.699. The van der Waals surface area contributed by atoms with Gasteiger partial charge in [0.15, 0.2) is 0 Å². The molecular weight excluding hydrogens is 188 g/mol. The highest BCUT2D eigenvalue weighted by Crippen LogP contribution is 2.20. The lowest BCUT2D eigenvalue weighted by Gasteiger charge is -2.28. The molecular formula is C12H16N2O. The standard InChI is InChI=1S/C12H16N2O/c13-14-8-4-7-11(12(14)15)9-10-5-2-1-3-6-10/h1-3,5-6,11H,4,7-9,13H2. The number of piperidine rings is 1. The lowest BCUT2D eigenvalue weighted by molar-refractivity contribution is -0.138. The van der Waals surface area contributed by atoms with Crippen molar-refractivity contribution in [2.45, 2.75) is 19.3 Å². The van der Waals surface area contributed by atoms with Gasteiger partial charge in [-0.25, -0.2) is 5.84 Å². The van der Waals surface area contributed by atoms with Crippen molar-refractivity contribution in [1.29, 1.82) is 0 Å². The van der Waals surface area contributed by atoms with Gasteiger partial charge in [-0.3, -0.25) is 9.80 Å². The summed E-state index contributed by atoms with van der Waals surface area (Å²) in [6, 6.07) is 10.1. The van der Waals surface area contributed by atoms with E-state index >= 15 is 0 Å². The molecule has 0 saturated carbocycles. The normalized spacial score (nSPS) is 21.8. The maximum absolute atomic E-state index is 11.7. The number of hydrogen-bond donors (Lipinski definition) is 1. The summed E-state index contributed by atoms with van der Waals surface area (Å²) in [5, 5.41) is 1.36. The first-order valence-corrected chi connectivity index (χ1v) is 5.37. The average molecular weight is 204 g/mol. The fourth-order valence-electron chi connectivity index (χ4n) is 2.06. The van der Waals surface area contributed by atoms with Gasteiger partial charge >= 0.3 is 0 Å². The van der Waals surface area contributed by atoms with Crippen molar-refractivity contribution in [2.24, 2.45) is 11.8 Å². The van der Waals surface area contributed by atoms with Crippen molar-refractivity contribution < 1.29 is 4.79 Å². The molecule has 1 aromatic rings. The molecule has 3 nitrogen and oxygen atoms in total. The highest BCUT2D eigenvalue weighted by atomic mass is 16.2. The van der Waals surface area contributed by atoms with Crippen LogP contribution in [0.5, 0.6) is 0 Å². The number of benzene rings is 1. The minimum atomic E-state index is 0.0751. The lowest BCUT2D eigenvalue weighted by atomic mass is 9.91. The van der Waals surface area contributed by atoms with E-state index in [4.69, 9.17) is 5.84 Å². The first-order valence-electron chi connectivity index (χ1n) is 5.37. The van der Waals surface area contributed by atoms with Gasteiger partial charge in [0.2, 0.25) is 5.91 Å². The summed E-state index contributed by atoms with van der Waals surface area (Å²) >= 11 is 0. The minimum Gasteiger partial charge on any atom is -0.280 e. The molecule has 1 saturated heterocycles. The number of hydrogen-bond acceptors (Lipinski definition) is 2. The molecule has 0 spiro atoms. The van der Waals surface area contributed by atoms with E-state index in [1.54, 1.807) is 0 Å². The highest BCUT2D eigenvalue weighted by Gasteiger charge is 2.26. The number of nitrogens with two attached hydrogens (primary N) is 1. The van der Waals surface area contributed by atoms with E-state index in [-0.39, 0.29) is 11.8 Å². The van der Waals surface area contributed by atoms with Crippen LogP contribution in [0.2, 0.25) is 0 Å². The molecule has 1 fully saturated rings. The second kappa shape index (κ2) is 4.45. The number of carbonyl (C=O) groups excluding carboxylic acids is 1. The first-order chi connectivity index (χ1) is 7.27. The Bertz CT molecular complexity index is 337. The van der Waals surface area contributed by atoms with Crippen LogP contribution < -0.4 is 5.84 Å². The van der Waals surface area contributed by atoms with Gasteiger partial charge in [-0.1, -0.05) is 30.3 Å². The molecule has 2 N–H and O–H groups in total. The van der Waals surface area contributed by atoms with Gasteiger partial charge in [-0.2, -0.15) is 0 Å².